The Balaban J connectivity index is 1.71. The van der Waals surface area contributed by atoms with Crippen molar-refractivity contribution in [3.63, 3.8) is 0 Å². The van der Waals surface area contributed by atoms with E-state index in [-0.39, 0.29) is 29.8 Å². The number of hydrogen-bond acceptors (Lipinski definition) is 4. The molecule has 4 heteroatoms. The van der Waals surface area contributed by atoms with Gasteiger partial charge >= 0.3 is 0 Å². The molecule has 0 radical (unpaired) electrons. The zero-order valence-electron chi connectivity index (χ0n) is 13.3. The number of rotatable bonds is 3. The average Bonchev–Trinajstić information content (AvgIpc) is 2.96. The van der Waals surface area contributed by atoms with Crippen LogP contribution in [0.4, 0.5) is 11.4 Å². The molecule has 0 aromatic heterocycles. The van der Waals surface area contributed by atoms with Crippen LogP contribution < -0.4 is 10.2 Å². The van der Waals surface area contributed by atoms with Gasteiger partial charge in [0.1, 0.15) is 0 Å². The predicted molar refractivity (Wildman–Crippen MR) is 93.7 cm³/mol. The molecule has 0 spiro atoms. The number of piperidine rings is 1. The van der Waals surface area contributed by atoms with E-state index in [1.165, 1.54) is 0 Å². The standard InChI is InChI=1S/C20H19N3O/c21-13-14-11-18-19(24)12-17(22-15-7-3-1-4-8-15)20(14)23(18)16-9-5-2-6-10-16/h1-10,14,17-18,20,22H,11-12H2/t14-,17+,18-,20+/m1/s1. The average molecular weight is 317 g/mol. The summed E-state index contributed by atoms with van der Waals surface area (Å²) in [6, 6.07) is 22.1. The first kappa shape index (κ1) is 14.8. The number of para-hydroxylation sites is 2. The summed E-state index contributed by atoms with van der Waals surface area (Å²) in [7, 11) is 0. The number of ketones is 1. The van der Waals surface area contributed by atoms with Crippen LogP contribution in [0.1, 0.15) is 12.8 Å². The van der Waals surface area contributed by atoms with E-state index in [1.54, 1.807) is 0 Å². The Bertz CT molecular complexity index is 768. The number of Topliss-reactive ketones (excluding diaryl/α,β-unsaturated/α-hetero) is 1. The van der Waals surface area contributed by atoms with Gasteiger partial charge in [-0.05, 0) is 30.7 Å². The van der Waals surface area contributed by atoms with Gasteiger partial charge in [0, 0.05) is 17.8 Å². The quantitative estimate of drug-likeness (QED) is 0.944. The lowest BCUT2D eigenvalue weighted by Crippen LogP contribution is -2.56. The van der Waals surface area contributed by atoms with Crippen LogP contribution in [0.5, 0.6) is 0 Å². The maximum absolute atomic E-state index is 12.7. The molecule has 120 valence electrons. The summed E-state index contributed by atoms with van der Waals surface area (Å²) >= 11 is 0. The normalized spacial score (nSPS) is 28.5. The number of hydrogen-bond donors (Lipinski definition) is 1. The van der Waals surface area contributed by atoms with Crippen LogP contribution in [0, 0.1) is 17.2 Å². The molecule has 2 heterocycles. The molecular formula is C20H19N3O. The van der Waals surface area contributed by atoms with Gasteiger partial charge in [-0.15, -0.1) is 0 Å². The number of anilines is 2. The van der Waals surface area contributed by atoms with Crippen molar-refractivity contribution in [2.24, 2.45) is 5.92 Å². The molecule has 0 aliphatic carbocycles. The van der Waals surface area contributed by atoms with Crippen molar-refractivity contribution < 1.29 is 4.79 Å². The highest BCUT2D eigenvalue weighted by Gasteiger charge is 2.52. The Morgan fingerprint density at radius 2 is 1.71 bits per heavy atom. The van der Waals surface area contributed by atoms with Gasteiger partial charge in [-0.25, -0.2) is 0 Å². The zero-order valence-corrected chi connectivity index (χ0v) is 13.3. The van der Waals surface area contributed by atoms with Crippen LogP contribution in [0.15, 0.2) is 60.7 Å². The van der Waals surface area contributed by atoms with E-state index in [1.807, 2.05) is 60.7 Å². The number of nitriles is 1. The first-order valence-electron chi connectivity index (χ1n) is 8.35. The number of benzene rings is 2. The first-order valence-corrected chi connectivity index (χ1v) is 8.35. The van der Waals surface area contributed by atoms with Gasteiger partial charge in [0.15, 0.2) is 5.78 Å². The molecule has 2 aromatic carbocycles. The monoisotopic (exact) mass is 317 g/mol. The zero-order chi connectivity index (χ0) is 16.5. The fourth-order valence-corrected chi connectivity index (χ4v) is 4.10. The van der Waals surface area contributed by atoms with Crippen molar-refractivity contribution >= 4 is 17.2 Å². The van der Waals surface area contributed by atoms with Crippen molar-refractivity contribution in [1.82, 2.24) is 0 Å². The summed E-state index contributed by atoms with van der Waals surface area (Å²) in [5.74, 6) is 0.0872. The summed E-state index contributed by atoms with van der Waals surface area (Å²) in [5.41, 5.74) is 2.02. The van der Waals surface area contributed by atoms with Gasteiger partial charge in [0.2, 0.25) is 0 Å². The van der Waals surface area contributed by atoms with Crippen LogP contribution in [-0.4, -0.2) is 23.9 Å². The van der Waals surface area contributed by atoms with Crippen LogP contribution in [0.2, 0.25) is 0 Å². The van der Waals surface area contributed by atoms with Crippen LogP contribution >= 0.6 is 0 Å². The second-order valence-electron chi connectivity index (χ2n) is 6.51. The van der Waals surface area contributed by atoms with Gasteiger partial charge in [-0.3, -0.25) is 4.79 Å². The molecule has 2 bridgehead atoms. The minimum absolute atomic E-state index is 0.0142. The summed E-state index contributed by atoms with van der Waals surface area (Å²) in [4.78, 5) is 14.9. The van der Waals surface area contributed by atoms with Crippen LogP contribution in [-0.2, 0) is 4.79 Å². The second kappa shape index (κ2) is 6.01. The molecule has 2 aliphatic rings. The van der Waals surface area contributed by atoms with E-state index in [0.717, 1.165) is 11.4 Å². The second-order valence-corrected chi connectivity index (χ2v) is 6.51. The molecule has 0 unspecified atom stereocenters. The highest BCUT2D eigenvalue weighted by molar-refractivity contribution is 5.91. The molecule has 24 heavy (non-hydrogen) atoms. The molecule has 2 fully saturated rings. The Morgan fingerprint density at radius 3 is 2.38 bits per heavy atom. The number of fused-ring (bicyclic) bond motifs is 2. The highest BCUT2D eigenvalue weighted by atomic mass is 16.1. The predicted octanol–water partition coefficient (Wildman–Crippen LogP) is 3.23. The van der Waals surface area contributed by atoms with Crippen molar-refractivity contribution in [1.29, 1.82) is 5.26 Å². The Hall–Kier alpha value is -2.80. The molecule has 4 nitrogen and oxygen atoms in total. The fraction of sp³-hybridized carbons (Fsp3) is 0.300. The van der Waals surface area contributed by atoms with Gasteiger partial charge < -0.3 is 10.2 Å². The van der Waals surface area contributed by atoms with E-state index < -0.39 is 0 Å². The molecule has 2 saturated heterocycles. The summed E-state index contributed by atoms with van der Waals surface area (Å²) in [6.07, 6.45) is 1.10. The fourth-order valence-electron chi connectivity index (χ4n) is 4.10. The molecular weight excluding hydrogens is 298 g/mol. The molecule has 2 aliphatic heterocycles. The maximum Gasteiger partial charge on any atom is 0.157 e. The number of carbonyl (C=O) groups excluding carboxylic acids is 1. The minimum Gasteiger partial charge on any atom is -0.380 e. The molecule has 4 atom stereocenters. The third kappa shape index (κ3) is 2.43. The first-order chi connectivity index (χ1) is 11.8. The Labute approximate surface area is 141 Å². The number of carbonyl (C=O) groups is 1. The molecule has 2 aromatic rings. The van der Waals surface area contributed by atoms with Crippen molar-refractivity contribution in [3.8, 4) is 6.07 Å². The smallest absolute Gasteiger partial charge is 0.157 e. The van der Waals surface area contributed by atoms with Crippen molar-refractivity contribution in [2.75, 3.05) is 10.2 Å². The largest absolute Gasteiger partial charge is 0.380 e. The van der Waals surface area contributed by atoms with Crippen molar-refractivity contribution in [3.05, 3.63) is 60.7 Å². The van der Waals surface area contributed by atoms with E-state index in [4.69, 9.17) is 0 Å². The lowest BCUT2D eigenvalue weighted by atomic mass is 9.91. The number of nitrogens with one attached hydrogen (secondary N) is 1. The number of nitrogens with zero attached hydrogens (tertiary/aromatic N) is 2. The lowest BCUT2D eigenvalue weighted by Gasteiger charge is -2.41. The lowest BCUT2D eigenvalue weighted by molar-refractivity contribution is -0.121. The van der Waals surface area contributed by atoms with Gasteiger partial charge in [0.05, 0.1) is 30.1 Å². The summed E-state index contributed by atoms with van der Waals surface area (Å²) in [5, 5.41) is 13.1. The molecule has 0 amide bonds. The van der Waals surface area contributed by atoms with Crippen LogP contribution in [0.25, 0.3) is 0 Å². The SMILES string of the molecule is N#C[C@H]1C[C@@H]2C(=O)C[C@H](Nc3ccccc3)[C@H]1N2c1ccccc1. The van der Waals surface area contributed by atoms with E-state index >= 15 is 0 Å². The van der Waals surface area contributed by atoms with Gasteiger partial charge in [-0.2, -0.15) is 5.26 Å². The minimum atomic E-state index is -0.170. The molecule has 1 N–H and O–H groups in total. The van der Waals surface area contributed by atoms with E-state index in [2.05, 4.69) is 16.3 Å². The third-order valence-corrected chi connectivity index (χ3v) is 5.10. The van der Waals surface area contributed by atoms with E-state index in [0.29, 0.717) is 12.8 Å². The maximum atomic E-state index is 12.7. The Morgan fingerprint density at radius 1 is 1.04 bits per heavy atom. The Kier molecular flexibility index (Phi) is 3.70. The highest BCUT2D eigenvalue weighted by Crippen LogP contribution is 2.41. The summed E-state index contributed by atoms with van der Waals surface area (Å²) < 4.78 is 0. The summed E-state index contributed by atoms with van der Waals surface area (Å²) in [6.45, 7) is 0. The van der Waals surface area contributed by atoms with Gasteiger partial charge in [0.25, 0.3) is 0 Å². The van der Waals surface area contributed by atoms with E-state index in [9.17, 15) is 10.1 Å². The third-order valence-electron chi connectivity index (χ3n) is 5.10. The topological polar surface area (TPSA) is 56.1 Å². The molecule has 4 rings (SSSR count). The van der Waals surface area contributed by atoms with Crippen molar-refractivity contribution in [2.45, 2.75) is 31.0 Å². The van der Waals surface area contributed by atoms with Crippen LogP contribution in [0.3, 0.4) is 0 Å². The molecule has 0 saturated carbocycles. The van der Waals surface area contributed by atoms with Gasteiger partial charge in [-0.1, -0.05) is 36.4 Å².